The number of anilines is 1. The Morgan fingerprint density at radius 1 is 1.30 bits per heavy atom. The summed E-state index contributed by atoms with van der Waals surface area (Å²) in [6.07, 6.45) is 0. The van der Waals surface area contributed by atoms with Gasteiger partial charge in [0.25, 0.3) is 5.91 Å². The predicted octanol–water partition coefficient (Wildman–Crippen LogP) is 3.91. The highest BCUT2D eigenvalue weighted by atomic mass is 127. The van der Waals surface area contributed by atoms with Crippen LogP contribution in [0, 0.1) is 3.57 Å². The van der Waals surface area contributed by atoms with E-state index in [1.807, 2.05) is 42.5 Å². The minimum Gasteiger partial charge on any atom is -0.398 e. The van der Waals surface area contributed by atoms with Crippen molar-refractivity contribution in [2.24, 2.45) is 0 Å². The van der Waals surface area contributed by atoms with E-state index in [0.29, 0.717) is 17.8 Å². The molecule has 1 amide bonds. The summed E-state index contributed by atoms with van der Waals surface area (Å²) < 4.78 is 1.83. The standard InChI is InChI=1S/C15H14BrIN2O/c1-19(9-10-4-2-3-5-14(10)18)15(20)12-8-11(17)6-7-13(12)16/h2-8H,9,18H2,1H3. The molecule has 104 valence electrons. The Kier molecular flexibility index (Phi) is 5.04. The third-order valence-corrected chi connectivity index (χ3v) is 4.33. The van der Waals surface area contributed by atoms with Gasteiger partial charge in [-0.25, -0.2) is 0 Å². The van der Waals surface area contributed by atoms with Crippen molar-refractivity contribution in [1.29, 1.82) is 0 Å². The molecule has 2 N–H and O–H groups in total. The number of rotatable bonds is 3. The van der Waals surface area contributed by atoms with Gasteiger partial charge in [0, 0.05) is 27.3 Å². The average molecular weight is 445 g/mol. The molecule has 0 aliphatic rings. The van der Waals surface area contributed by atoms with Gasteiger partial charge in [0.2, 0.25) is 0 Å². The molecule has 0 spiro atoms. The molecule has 2 rings (SSSR count). The largest absolute Gasteiger partial charge is 0.398 e. The van der Waals surface area contributed by atoms with E-state index < -0.39 is 0 Å². The van der Waals surface area contributed by atoms with Crippen molar-refractivity contribution < 1.29 is 4.79 Å². The molecule has 0 unspecified atom stereocenters. The van der Waals surface area contributed by atoms with E-state index in [9.17, 15) is 4.79 Å². The summed E-state index contributed by atoms with van der Waals surface area (Å²) in [5, 5.41) is 0. The van der Waals surface area contributed by atoms with Crippen molar-refractivity contribution in [3.8, 4) is 0 Å². The second kappa shape index (κ2) is 6.58. The van der Waals surface area contributed by atoms with Crippen LogP contribution in [0.25, 0.3) is 0 Å². The maximum Gasteiger partial charge on any atom is 0.255 e. The summed E-state index contributed by atoms with van der Waals surface area (Å²) in [4.78, 5) is 14.2. The second-order valence-corrected chi connectivity index (χ2v) is 6.58. The molecule has 5 heteroatoms. The summed E-state index contributed by atoms with van der Waals surface area (Å²) >= 11 is 5.62. The fourth-order valence-corrected chi connectivity index (χ4v) is 2.78. The predicted molar refractivity (Wildman–Crippen MR) is 93.5 cm³/mol. The Labute approximate surface area is 140 Å². The number of hydrogen-bond donors (Lipinski definition) is 1. The van der Waals surface area contributed by atoms with Gasteiger partial charge < -0.3 is 10.6 Å². The van der Waals surface area contributed by atoms with E-state index in [-0.39, 0.29) is 5.91 Å². The van der Waals surface area contributed by atoms with Crippen LogP contribution in [0.5, 0.6) is 0 Å². The molecule has 0 fully saturated rings. The van der Waals surface area contributed by atoms with Gasteiger partial charge in [0.1, 0.15) is 0 Å². The van der Waals surface area contributed by atoms with Crippen LogP contribution in [0.4, 0.5) is 5.69 Å². The highest BCUT2D eigenvalue weighted by Gasteiger charge is 2.16. The number of amides is 1. The van der Waals surface area contributed by atoms with Crippen LogP contribution < -0.4 is 5.73 Å². The van der Waals surface area contributed by atoms with Gasteiger partial charge in [-0.1, -0.05) is 18.2 Å². The van der Waals surface area contributed by atoms with Gasteiger partial charge >= 0.3 is 0 Å². The van der Waals surface area contributed by atoms with Crippen molar-refractivity contribution in [2.45, 2.75) is 6.54 Å². The Morgan fingerprint density at radius 2 is 2.00 bits per heavy atom. The molecule has 0 saturated heterocycles. The van der Waals surface area contributed by atoms with E-state index in [4.69, 9.17) is 5.73 Å². The summed E-state index contributed by atoms with van der Waals surface area (Å²) in [6, 6.07) is 13.3. The lowest BCUT2D eigenvalue weighted by atomic mass is 10.1. The maximum atomic E-state index is 12.5. The SMILES string of the molecule is CN(Cc1ccccc1N)C(=O)c1cc(I)ccc1Br. The van der Waals surface area contributed by atoms with Crippen LogP contribution in [0.2, 0.25) is 0 Å². The molecule has 2 aromatic rings. The zero-order valence-electron chi connectivity index (χ0n) is 10.9. The quantitative estimate of drug-likeness (QED) is 0.576. The maximum absolute atomic E-state index is 12.5. The highest BCUT2D eigenvalue weighted by Crippen LogP contribution is 2.22. The van der Waals surface area contributed by atoms with E-state index >= 15 is 0 Å². The van der Waals surface area contributed by atoms with Gasteiger partial charge in [-0.05, 0) is 68.3 Å². The van der Waals surface area contributed by atoms with Crippen molar-refractivity contribution in [3.63, 3.8) is 0 Å². The number of carbonyl (C=O) groups excluding carboxylic acids is 1. The van der Waals surface area contributed by atoms with E-state index in [0.717, 1.165) is 13.6 Å². The van der Waals surface area contributed by atoms with Crippen molar-refractivity contribution in [3.05, 3.63) is 61.6 Å². The molecular formula is C15H14BrIN2O. The number of nitrogens with two attached hydrogens (primary N) is 1. The molecule has 20 heavy (non-hydrogen) atoms. The van der Waals surface area contributed by atoms with E-state index in [2.05, 4.69) is 38.5 Å². The lowest BCUT2D eigenvalue weighted by Crippen LogP contribution is -2.27. The molecule has 0 aromatic heterocycles. The first-order valence-electron chi connectivity index (χ1n) is 6.03. The van der Waals surface area contributed by atoms with Crippen molar-refractivity contribution in [1.82, 2.24) is 4.90 Å². The zero-order chi connectivity index (χ0) is 14.7. The molecule has 0 saturated carbocycles. The summed E-state index contributed by atoms with van der Waals surface area (Å²) in [5.41, 5.74) is 8.23. The summed E-state index contributed by atoms with van der Waals surface area (Å²) in [6.45, 7) is 0.490. The van der Waals surface area contributed by atoms with Crippen LogP contribution in [0.1, 0.15) is 15.9 Å². The summed E-state index contributed by atoms with van der Waals surface area (Å²) in [7, 11) is 1.78. The highest BCUT2D eigenvalue weighted by molar-refractivity contribution is 14.1. The Hall–Kier alpha value is -1.08. The van der Waals surface area contributed by atoms with Gasteiger partial charge in [-0.3, -0.25) is 4.79 Å². The first kappa shape index (κ1) is 15.3. The van der Waals surface area contributed by atoms with Crippen LogP contribution in [0.3, 0.4) is 0 Å². The monoisotopic (exact) mass is 444 g/mol. The number of hydrogen-bond acceptors (Lipinski definition) is 2. The number of nitrogen functional groups attached to an aromatic ring is 1. The lowest BCUT2D eigenvalue weighted by molar-refractivity contribution is 0.0784. The van der Waals surface area contributed by atoms with Crippen molar-refractivity contribution >= 4 is 50.1 Å². The molecule has 3 nitrogen and oxygen atoms in total. The number of halogens is 2. The molecular weight excluding hydrogens is 431 g/mol. The van der Waals surface area contributed by atoms with Crippen LogP contribution in [0.15, 0.2) is 46.9 Å². The fourth-order valence-electron chi connectivity index (χ4n) is 1.87. The summed E-state index contributed by atoms with van der Waals surface area (Å²) in [5.74, 6) is -0.0290. The van der Waals surface area contributed by atoms with E-state index in [1.54, 1.807) is 11.9 Å². The van der Waals surface area contributed by atoms with Crippen LogP contribution in [-0.2, 0) is 6.54 Å². The minimum atomic E-state index is -0.0290. The van der Waals surface area contributed by atoms with E-state index in [1.165, 1.54) is 0 Å². The van der Waals surface area contributed by atoms with Crippen LogP contribution in [-0.4, -0.2) is 17.9 Å². The van der Waals surface area contributed by atoms with Gasteiger partial charge in [0.15, 0.2) is 0 Å². The molecule has 0 aliphatic heterocycles. The van der Waals surface area contributed by atoms with Gasteiger partial charge in [-0.2, -0.15) is 0 Å². The van der Waals surface area contributed by atoms with Gasteiger partial charge in [-0.15, -0.1) is 0 Å². The smallest absolute Gasteiger partial charge is 0.255 e. The number of carbonyl (C=O) groups is 1. The third-order valence-electron chi connectivity index (χ3n) is 2.97. The minimum absolute atomic E-state index is 0.0290. The lowest BCUT2D eigenvalue weighted by Gasteiger charge is -2.19. The fraction of sp³-hybridized carbons (Fsp3) is 0.133. The first-order valence-corrected chi connectivity index (χ1v) is 7.90. The Bertz CT molecular complexity index is 646. The van der Waals surface area contributed by atoms with Crippen molar-refractivity contribution in [2.75, 3.05) is 12.8 Å². The molecule has 0 atom stereocenters. The molecule has 0 bridgehead atoms. The Morgan fingerprint density at radius 3 is 2.70 bits per heavy atom. The van der Waals surface area contributed by atoms with Crippen LogP contribution >= 0.6 is 38.5 Å². The average Bonchev–Trinajstić information content (AvgIpc) is 2.43. The molecule has 0 aliphatic carbocycles. The number of benzene rings is 2. The normalized spacial score (nSPS) is 10.3. The second-order valence-electron chi connectivity index (χ2n) is 4.48. The molecule has 0 heterocycles. The molecule has 2 aromatic carbocycles. The number of para-hydroxylation sites is 1. The first-order chi connectivity index (χ1) is 9.49. The van der Waals surface area contributed by atoms with Gasteiger partial charge in [0.05, 0.1) is 5.56 Å². The zero-order valence-corrected chi connectivity index (χ0v) is 14.7. The Balaban J connectivity index is 2.21. The third kappa shape index (κ3) is 3.52. The molecule has 0 radical (unpaired) electrons. The topological polar surface area (TPSA) is 46.3 Å². The number of nitrogens with zero attached hydrogens (tertiary/aromatic N) is 1.